The second kappa shape index (κ2) is 5.64. The summed E-state index contributed by atoms with van der Waals surface area (Å²) in [4.78, 5) is 13.8. The van der Waals surface area contributed by atoms with E-state index in [1.54, 1.807) is 12.1 Å². The number of carbonyl (C=O) groups is 1. The molecule has 2 unspecified atom stereocenters. The number of hydrogen-bond donors (Lipinski definition) is 2. The molecule has 21 heavy (non-hydrogen) atoms. The molecule has 2 aliphatic rings. The number of anilines is 2. The Morgan fingerprint density at radius 1 is 1.38 bits per heavy atom. The zero-order valence-corrected chi connectivity index (χ0v) is 12.6. The maximum Gasteiger partial charge on any atom is 0.224 e. The molecule has 0 bridgehead atoms. The summed E-state index contributed by atoms with van der Waals surface area (Å²) in [6, 6.07) is 4.07. The lowest BCUT2D eigenvalue weighted by atomic mass is 9.97. The first kappa shape index (κ1) is 14.3. The van der Waals surface area contributed by atoms with E-state index in [1.807, 2.05) is 0 Å². The van der Waals surface area contributed by atoms with E-state index in [0.717, 1.165) is 30.6 Å². The molecule has 2 heterocycles. The number of carbonyl (C=O) groups excluding carboxylic acids is 1. The number of hydrogen-bond acceptors (Lipinski definition) is 3. The van der Waals surface area contributed by atoms with Gasteiger partial charge in [0.1, 0.15) is 5.82 Å². The van der Waals surface area contributed by atoms with Crippen LogP contribution in [0.15, 0.2) is 12.1 Å². The third kappa shape index (κ3) is 3.02. The maximum atomic E-state index is 14.2. The molecule has 5 heteroatoms. The van der Waals surface area contributed by atoms with E-state index in [1.165, 1.54) is 0 Å². The van der Waals surface area contributed by atoms with Crippen LogP contribution in [0.1, 0.15) is 31.7 Å². The summed E-state index contributed by atoms with van der Waals surface area (Å²) >= 11 is 0. The average molecular weight is 291 g/mol. The van der Waals surface area contributed by atoms with Crippen LogP contribution >= 0.6 is 0 Å². The molecule has 0 aliphatic carbocycles. The molecule has 1 aromatic carbocycles. The van der Waals surface area contributed by atoms with E-state index in [0.29, 0.717) is 24.6 Å². The number of likely N-dealkylation sites (tertiary alicyclic amines) is 1. The summed E-state index contributed by atoms with van der Waals surface area (Å²) in [5, 5.41) is 6.14. The van der Waals surface area contributed by atoms with Crippen LogP contribution in [-0.4, -0.2) is 36.5 Å². The first-order chi connectivity index (χ1) is 10.0. The predicted molar refractivity (Wildman–Crippen MR) is 82.1 cm³/mol. The predicted octanol–water partition coefficient (Wildman–Crippen LogP) is 2.61. The third-order valence-electron chi connectivity index (χ3n) is 4.66. The maximum absolute atomic E-state index is 14.2. The molecule has 1 saturated heterocycles. The van der Waals surface area contributed by atoms with Crippen molar-refractivity contribution in [3.8, 4) is 0 Å². The molecule has 2 atom stereocenters. The monoisotopic (exact) mass is 291 g/mol. The van der Waals surface area contributed by atoms with Gasteiger partial charge in [-0.3, -0.25) is 4.79 Å². The molecule has 1 fully saturated rings. The minimum absolute atomic E-state index is 0.00738. The van der Waals surface area contributed by atoms with Gasteiger partial charge in [-0.25, -0.2) is 4.39 Å². The number of aryl methyl sites for hydroxylation is 1. The van der Waals surface area contributed by atoms with Gasteiger partial charge in [0.05, 0.1) is 5.69 Å². The van der Waals surface area contributed by atoms with Gasteiger partial charge >= 0.3 is 0 Å². The van der Waals surface area contributed by atoms with Crippen molar-refractivity contribution in [1.29, 1.82) is 0 Å². The summed E-state index contributed by atoms with van der Waals surface area (Å²) in [6.45, 7) is 3.21. The highest BCUT2D eigenvalue weighted by molar-refractivity contribution is 5.94. The molecule has 2 aliphatic heterocycles. The van der Waals surface area contributed by atoms with Crippen LogP contribution in [0.25, 0.3) is 0 Å². The highest BCUT2D eigenvalue weighted by Gasteiger charge is 2.24. The Hall–Kier alpha value is -1.62. The third-order valence-corrected chi connectivity index (χ3v) is 4.66. The second-order valence-corrected chi connectivity index (χ2v) is 6.23. The van der Waals surface area contributed by atoms with Gasteiger partial charge in [0, 0.05) is 30.7 Å². The number of nitrogens with one attached hydrogen (secondary N) is 2. The highest BCUT2D eigenvalue weighted by Crippen LogP contribution is 2.30. The number of nitrogens with zero attached hydrogens (tertiary/aromatic N) is 1. The van der Waals surface area contributed by atoms with Crippen molar-refractivity contribution in [2.75, 3.05) is 24.2 Å². The van der Waals surface area contributed by atoms with Gasteiger partial charge in [-0.1, -0.05) is 0 Å². The van der Waals surface area contributed by atoms with Crippen molar-refractivity contribution in [1.82, 2.24) is 4.90 Å². The molecule has 3 rings (SSSR count). The minimum atomic E-state index is -0.225. The molecular weight excluding hydrogens is 269 g/mol. The van der Waals surface area contributed by atoms with E-state index >= 15 is 0 Å². The largest absolute Gasteiger partial charge is 0.380 e. The first-order valence-electron chi connectivity index (χ1n) is 7.62. The van der Waals surface area contributed by atoms with Crippen molar-refractivity contribution >= 4 is 17.3 Å². The Morgan fingerprint density at radius 2 is 2.19 bits per heavy atom. The Balaban J connectivity index is 1.76. The van der Waals surface area contributed by atoms with E-state index in [2.05, 4.69) is 29.5 Å². The molecular formula is C16H22FN3O. The average Bonchev–Trinajstić information content (AvgIpc) is 2.44. The van der Waals surface area contributed by atoms with Crippen molar-refractivity contribution in [2.45, 2.75) is 44.7 Å². The number of benzene rings is 1. The molecule has 1 amide bonds. The van der Waals surface area contributed by atoms with E-state index in [-0.39, 0.29) is 17.8 Å². The summed E-state index contributed by atoms with van der Waals surface area (Å²) in [7, 11) is 2.12. The Bertz CT molecular complexity index is 561. The summed E-state index contributed by atoms with van der Waals surface area (Å²) < 4.78 is 14.2. The zero-order chi connectivity index (χ0) is 15.0. The lowest BCUT2D eigenvalue weighted by Gasteiger charge is -2.36. The van der Waals surface area contributed by atoms with Crippen LogP contribution in [0, 0.1) is 5.82 Å². The van der Waals surface area contributed by atoms with E-state index < -0.39 is 0 Å². The lowest BCUT2D eigenvalue weighted by Crippen LogP contribution is -2.42. The van der Waals surface area contributed by atoms with Gasteiger partial charge in [0.25, 0.3) is 0 Å². The van der Waals surface area contributed by atoms with Gasteiger partial charge in [0.15, 0.2) is 0 Å². The van der Waals surface area contributed by atoms with Crippen molar-refractivity contribution in [3.05, 3.63) is 23.5 Å². The molecule has 0 aromatic heterocycles. The van der Waals surface area contributed by atoms with Gasteiger partial charge in [-0.15, -0.1) is 0 Å². The van der Waals surface area contributed by atoms with Crippen LogP contribution in [0.4, 0.5) is 15.8 Å². The number of piperidine rings is 1. The minimum Gasteiger partial charge on any atom is -0.380 e. The first-order valence-corrected chi connectivity index (χ1v) is 7.62. The van der Waals surface area contributed by atoms with Crippen LogP contribution in [0.5, 0.6) is 0 Å². The van der Waals surface area contributed by atoms with E-state index in [9.17, 15) is 9.18 Å². The Morgan fingerprint density at radius 3 is 2.95 bits per heavy atom. The number of amides is 1. The summed E-state index contributed by atoms with van der Waals surface area (Å²) in [5.41, 5.74) is 2.13. The number of fused-ring (bicyclic) bond motifs is 1. The van der Waals surface area contributed by atoms with Crippen LogP contribution in [0.2, 0.25) is 0 Å². The second-order valence-electron chi connectivity index (χ2n) is 6.23. The van der Waals surface area contributed by atoms with Gasteiger partial charge < -0.3 is 15.5 Å². The SMILES string of the molecule is CC1CC(Nc2cc3c(cc2F)CCC(=O)N3)CCN1C. The molecule has 2 N–H and O–H groups in total. The van der Waals surface area contributed by atoms with Crippen LogP contribution in [-0.2, 0) is 11.2 Å². The normalized spacial score (nSPS) is 26.1. The standard InChI is InChI=1S/C16H22FN3O/c1-10-7-12(5-6-20(10)2)18-15-9-14-11(8-13(15)17)3-4-16(21)19-14/h8-10,12,18H,3-7H2,1-2H3,(H,19,21). The lowest BCUT2D eigenvalue weighted by molar-refractivity contribution is -0.116. The van der Waals surface area contributed by atoms with Crippen LogP contribution in [0.3, 0.4) is 0 Å². The molecule has 0 saturated carbocycles. The van der Waals surface area contributed by atoms with Gasteiger partial charge in [0.2, 0.25) is 5.91 Å². The Labute approximate surface area is 124 Å². The van der Waals surface area contributed by atoms with E-state index in [4.69, 9.17) is 0 Å². The fraction of sp³-hybridized carbons (Fsp3) is 0.562. The van der Waals surface area contributed by atoms with Crippen molar-refractivity contribution in [2.24, 2.45) is 0 Å². The molecule has 0 spiro atoms. The highest BCUT2D eigenvalue weighted by atomic mass is 19.1. The number of rotatable bonds is 2. The number of halogens is 1. The van der Waals surface area contributed by atoms with Gasteiger partial charge in [-0.2, -0.15) is 0 Å². The van der Waals surface area contributed by atoms with Crippen LogP contribution < -0.4 is 10.6 Å². The molecule has 114 valence electrons. The van der Waals surface area contributed by atoms with Crippen molar-refractivity contribution < 1.29 is 9.18 Å². The van der Waals surface area contributed by atoms with Crippen molar-refractivity contribution in [3.63, 3.8) is 0 Å². The smallest absolute Gasteiger partial charge is 0.224 e. The fourth-order valence-corrected chi connectivity index (χ4v) is 3.15. The zero-order valence-electron chi connectivity index (χ0n) is 12.6. The fourth-order valence-electron chi connectivity index (χ4n) is 3.15. The van der Waals surface area contributed by atoms with Gasteiger partial charge in [-0.05, 0) is 50.9 Å². The Kier molecular flexibility index (Phi) is 3.85. The molecule has 1 aromatic rings. The summed E-state index contributed by atoms with van der Waals surface area (Å²) in [5.74, 6) is -0.218. The topological polar surface area (TPSA) is 44.4 Å². The summed E-state index contributed by atoms with van der Waals surface area (Å²) in [6.07, 6.45) is 3.05. The quantitative estimate of drug-likeness (QED) is 0.880. The molecule has 0 radical (unpaired) electrons. The molecule has 4 nitrogen and oxygen atoms in total.